The molecule has 2 rings (SSSR count). The summed E-state index contributed by atoms with van der Waals surface area (Å²) < 4.78 is 0. The van der Waals surface area contributed by atoms with Gasteiger partial charge in [0.15, 0.2) is 5.75 Å². The third-order valence-corrected chi connectivity index (χ3v) is 4.10. The molecule has 1 heterocycles. The summed E-state index contributed by atoms with van der Waals surface area (Å²) in [6.07, 6.45) is 0. The van der Waals surface area contributed by atoms with Gasteiger partial charge in [0.2, 0.25) is 0 Å². The maximum atomic E-state index is 12.0. The number of rotatable bonds is 3. The summed E-state index contributed by atoms with van der Waals surface area (Å²) in [6.45, 7) is 4.54. The maximum Gasteiger partial charge on any atom is 0.255 e. The largest absolute Gasteiger partial charge is 0.505 e. The SMILES string of the molecule is Cc1cc(CNC(=O)c2cccc(N)c2O)sc1C. The van der Waals surface area contributed by atoms with Gasteiger partial charge in [-0.25, -0.2) is 0 Å². The van der Waals surface area contributed by atoms with Crippen LogP contribution in [0.1, 0.15) is 25.7 Å². The van der Waals surface area contributed by atoms with Crippen LogP contribution in [0.2, 0.25) is 0 Å². The normalized spacial score (nSPS) is 10.4. The van der Waals surface area contributed by atoms with Crippen molar-refractivity contribution in [3.8, 4) is 5.75 Å². The van der Waals surface area contributed by atoms with Gasteiger partial charge in [-0.2, -0.15) is 0 Å². The van der Waals surface area contributed by atoms with Gasteiger partial charge in [0.05, 0.1) is 17.8 Å². The first kappa shape index (κ1) is 13.4. The number of nitrogens with two attached hydrogens (primary N) is 1. The number of aromatic hydroxyl groups is 1. The zero-order valence-electron chi connectivity index (χ0n) is 10.9. The molecule has 0 radical (unpaired) electrons. The molecule has 0 bridgehead atoms. The van der Waals surface area contributed by atoms with Crippen molar-refractivity contribution in [3.05, 3.63) is 45.1 Å². The standard InChI is InChI=1S/C14H16N2O2S/c1-8-6-10(19-9(8)2)7-16-14(18)11-4-3-5-12(15)13(11)17/h3-6,17H,7,15H2,1-2H3,(H,16,18). The van der Waals surface area contributed by atoms with Crippen LogP contribution in [-0.2, 0) is 6.54 Å². The predicted molar refractivity (Wildman–Crippen MR) is 77.5 cm³/mol. The summed E-state index contributed by atoms with van der Waals surface area (Å²) in [5.41, 5.74) is 7.19. The molecule has 2 aromatic rings. The van der Waals surface area contributed by atoms with E-state index in [1.807, 2.05) is 6.92 Å². The van der Waals surface area contributed by atoms with Gasteiger partial charge in [0.25, 0.3) is 5.91 Å². The fraction of sp³-hybridized carbons (Fsp3) is 0.214. The minimum absolute atomic E-state index is 0.168. The van der Waals surface area contributed by atoms with Crippen molar-refractivity contribution >= 4 is 22.9 Å². The van der Waals surface area contributed by atoms with Crippen LogP contribution in [0.25, 0.3) is 0 Å². The van der Waals surface area contributed by atoms with Gasteiger partial charge in [0, 0.05) is 9.75 Å². The number of carbonyl (C=O) groups excluding carboxylic acids is 1. The van der Waals surface area contributed by atoms with E-state index in [1.165, 1.54) is 10.4 Å². The molecule has 1 amide bonds. The third kappa shape index (κ3) is 2.88. The molecule has 0 atom stereocenters. The zero-order valence-corrected chi connectivity index (χ0v) is 11.7. The second-order valence-corrected chi connectivity index (χ2v) is 5.72. The molecule has 5 heteroatoms. The first-order valence-electron chi connectivity index (χ1n) is 5.90. The fourth-order valence-corrected chi connectivity index (χ4v) is 2.74. The third-order valence-electron chi connectivity index (χ3n) is 2.95. The molecule has 0 saturated carbocycles. The molecule has 1 aromatic carbocycles. The van der Waals surface area contributed by atoms with Crippen molar-refractivity contribution in [2.24, 2.45) is 0 Å². The van der Waals surface area contributed by atoms with E-state index in [9.17, 15) is 9.90 Å². The number of anilines is 1. The molecule has 0 saturated heterocycles. The van der Waals surface area contributed by atoms with Crippen LogP contribution in [-0.4, -0.2) is 11.0 Å². The van der Waals surface area contributed by atoms with Gasteiger partial charge in [-0.1, -0.05) is 6.07 Å². The molecule has 4 N–H and O–H groups in total. The number of nitrogen functional groups attached to an aromatic ring is 1. The average molecular weight is 276 g/mol. The van der Waals surface area contributed by atoms with Crippen LogP contribution in [0.15, 0.2) is 24.3 Å². The zero-order chi connectivity index (χ0) is 14.0. The topological polar surface area (TPSA) is 75.4 Å². The monoisotopic (exact) mass is 276 g/mol. The Balaban J connectivity index is 2.07. The first-order chi connectivity index (χ1) is 8.99. The van der Waals surface area contributed by atoms with Gasteiger partial charge in [-0.3, -0.25) is 4.79 Å². The number of benzene rings is 1. The molecule has 100 valence electrons. The van der Waals surface area contributed by atoms with Crippen molar-refractivity contribution in [2.45, 2.75) is 20.4 Å². The number of thiophene rings is 1. The summed E-state index contributed by atoms with van der Waals surface area (Å²) in [5, 5.41) is 12.5. The van der Waals surface area contributed by atoms with Gasteiger partial charge < -0.3 is 16.2 Å². The summed E-state index contributed by atoms with van der Waals surface area (Å²) in [5.74, 6) is -0.493. The number of hydrogen-bond donors (Lipinski definition) is 3. The van der Waals surface area contributed by atoms with Crippen LogP contribution in [0.3, 0.4) is 0 Å². The fourth-order valence-electron chi connectivity index (χ4n) is 1.74. The van der Waals surface area contributed by atoms with Crippen molar-refractivity contribution in [3.63, 3.8) is 0 Å². The van der Waals surface area contributed by atoms with E-state index in [-0.39, 0.29) is 22.9 Å². The minimum atomic E-state index is -0.325. The Labute approximate surface area is 115 Å². The number of para-hydroxylation sites is 1. The molecule has 0 unspecified atom stereocenters. The van der Waals surface area contributed by atoms with Crippen molar-refractivity contribution < 1.29 is 9.90 Å². The van der Waals surface area contributed by atoms with Crippen LogP contribution in [0.5, 0.6) is 5.75 Å². The highest BCUT2D eigenvalue weighted by Crippen LogP contribution is 2.25. The Hall–Kier alpha value is -2.01. The molecule has 0 aliphatic rings. The lowest BCUT2D eigenvalue weighted by Crippen LogP contribution is -2.22. The number of phenolic OH excluding ortho intramolecular Hbond substituents is 1. The lowest BCUT2D eigenvalue weighted by atomic mass is 10.1. The number of hydrogen-bond acceptors (Lipinski definition) is 4. The molecule has 0 spiro atoms. The Morgan fingerprint density at radius 2 is 2.16 bits per heavy atom. The number of phenols is 1. The molecule has 4 nitrogen and oxygen atoms in total. The van der Waals surface area contributed by atoms with Crippen LogP contribution < -0.4 is 11.1 Å². The summed E-state index contributed by atoms with van der Waals surface area (Å²) in [4.78, 5) is 14.3. The number of nitrogens with one attached hydrogen (secondary N) is 1. The number of carbonyl (C=O) groups is 1. The smallest absolute Gasteiger partial charge is 0.255 e. The summed E-state index contributed by atoms with van der Waals surface area (Å²) >= 11 is 1.66. The number of aryl methyl sites for hydroxylation is 2. The second kappa shape index (κ2) is 5.32. The van der Waals surface area contributed by atoms with Crippen LogP contribution in [0.4, 0.5) is 5.69 Å². The molecule has 0 aliphatic heterocycles. The first-order valence-corrected chi connectivity index (χ1v) is 6.72. The maximum absolute atomic E-state index is 12.0. The van der Waals surface area contributed by atoms with Gasteiger partial charge >= 0.3 is 0 Å². The Morgan fingerprint density at radius 3 is 2.79 bits per heavy atom. The van der Waals surface area contributed by atoms with Crippen LogP contribution in [0, 0.1) is 13.8 Å². The van der Waals surface area contributed by atoms with Gasteiger partial charge in [-0.05, 0) is 37.6 Å². The van der Waals surface area contributed by atoms with Gasteiger partial charge in [-0.15, -0.1) is 11.3 Å². The molecular weight excluding hydrogens is 260 g/mol. The van der Waals surface area contributed by atoms with E-state index in [4.69, 9.17) is 5.73 Å². The van der Waals surface area contributed by atoms with Crippen molar-refractivity contribution in [1.82, 2.24) is 5.32 Å². The highest BCUT2D eigenvalue weighted by Gasteiger charge is 2.13. The quantitative estimate of drug-likeness (QED) is 0.596. The van der Waals surface area contributed by atoms with Crippen LogP contribution >= 0.6 is 11.3 Å². The highest BCUT2D eigenvalue weighted by atomic mass is 32.1. The van der Waals surface area contributed by atoms with E-state index in [0.717, 1.165) is 4.88 Å². The molecule has 0 fully saturated rings. The Morgan fingerprint density at radius 1 is 1.42 bits per heavy atom. The minimum Gasteiger partial charge on any atom is -0.505 e. The Kier molecular flexibility index (Phi) is 3.76. The summed E-state index contributed by atoms with van der Waals surface area (Å²) in [6, 6.07) is 6.80. The van der Waals surface area contributed by atoms with Crippen molar-refractivity contribution in [1.29, 1.82) is 0 Å². The molecule has 1 aromatic heterocycles. The van der Waals surface area contributed by atoms with E-state index >= 15 is 0 Å². The highest BCUT2D eigenvalue weighted by molar-refractivity contribution is 7.12. The molecule has 0 aliphatic carbocycles. The predicted octanol–water partition coefficient (Wildman–Crippen LogP) is 2.58. The molecule has 19 heavy (non-hydrogen) atoms. The summed E-state index contributed by atoms with van der Waals surface area (Å²) in [7, 11) is 0. The van der Waals surface area contributed by atoms with Gasteiger partial charge in [0.1, 0.15) is 0 Å². The number of amides is 1. The van der Waals surface area contributed by atoms with Crippen molar-refractivity contribution in [2.75, 3.05) is 5.73 Å². The van der Waals surface area contributed by atoms with E-state index in [0.29, 0.717) is 6.54 Å². The molecular formula is C14H16N2O2S. The average Bonchev–Trinajstić information content (AvgIpc) is 2.69. The Bertz CT molecular complexity index is 600. The van der Waals surface area contributed by atoms with E-state index in [1.54, 1.807) is 29.5 Å². The lowest BCUT2D eigenvalue weighted by Gasteiger charge is -2.07. The van der Waals surface area contributed by atoms with E-state index in [2.05, 4.69) is 18.3 Å². The van der Waals surface area contributed by atoms with E-state index < -0.39 is 0 Å². The second-order valence-electron chi connectivity index (χ2n) is 4.38. The lowest BCUT2D eigenvalue weighted by molar-refractivity contribution is 0.0948.